The van der Waals surface area contributed by atoms with Crippen LogP contribution >= 0.6 is 0 Å². The Morgan fingerprint density at radius 2 is 1.88 bits per heavy atom. The second-order valence-corrected chi connectivity index (χ2v) is 4.76. The molecule has 1 aromatic heterocycles. The van der Waals surface area contributed by atoms with Gasteiger partial charge in [-0.05, 0) is 37.7 Å². The van der Waals surface area contributed by atoms with Crippen LogP contribution in [0.4, 0.5) is 5.95 Å². The molecule has 3 N–H and O–H groups in total. The van der Waals surface area contributed by atoms with Crippen LogP contribution in [0.5, 0.6) is 0 Å². The standard InChI is InChI=1S/C13H22N4/c1-3-10-7-11(4-2)17-13(16-10)15-8-12(14)9-5-6-9/h7,9,12H,3-6,8,14H2,1-2H3,(H,15,16,17). The van der Waals surface area contributed by atoms with Gasteiger partial charge >= 0.3 is 0 Å². The van der Waals surface area contributed by atoms with Crippen molar-refractivity contribution in [3.05, 3.63) is 17.5 Å². The zero-order chi connectivity index (χ0) is 12.3. The number of hydrogen-bond donors (Lipinski definition) is 2. The molecule has 0 amide bonds. The van der Waals surface area contributed by atoms with Crippen molar-refractivity contribution in [3.63, 3.8) is 0 Å². The number of nitrogens with one attached hydrogen (secondary N) is 1. The van der Waals surface area contributed by atoms with Crippen LogP contribution in [-0.2, 0) is 12.8 Å². The van der Waals surface area contributed by atoms with E-state index in [-0.39, 0.29) is 6.04 Å². The summed E-state index contributed by atoms with van der Waals surface area (Å²) < 4.78 is 0. The van der Waals surface area contributed by atoms with Gasteiger partial charge in [0.2, 0.25) is 5.95 Å². The van der Waals surface area contributed by atoms with Crippen molar-refractivity contribution >= 4 is 5.95 Å². The van der Waals surface area contributed by atoms with Gasteiger partial charge in [-0.1, -0.05) is 13.8 Å². The molecule has 0 bridgehead atoms. The lowest BCUT2D eigenvalue weighted by Crippen LogP contribution is -2.31. The lowest BCUT2D eigenvalue weighted by molar-refractivity contribution is 0.618. The second kappa shape index (κ2) is 5.45. The van der Waals surface area contributed by atoms with Crippen molar-refractivity contribution in [1.29, 1.82) is 0 Å². The molecule has 0 aliphatic heterocycles. The molecular weight excluding hydrogens is 212 g/mol. The van der Waals surface area contributed by atoms with Gasteiger partial charge in [0.05, 0.1) is 0 Å². The normalized spacial score (nSPS) is 16.9. The summed E-state index contributed by atoms with van der Waals surface area (Å²) >= 11 is 0. The van der Waals surface area contributed by atoms with Gasteiger partial charge < -0.3 is 11.1 Å². The Kier molecular flexibility index (Phi) is 3.94. The van der Waals surface area contributed by atoms with Gasteiger partial charge in [-0.3, -0.25) is 0 Å². The van der Waals surface area contributed by atoms with Crippen molar-refractivity contribution < 1.29 is 0 Å². The zero-order valence-corrected chi connectivity index (χ0v) is 10.7. The maximum atomic E-state index is 6.05. The molecule has 4 nitrogen and oxygen atoms in total. The van der Waals surface area contributed by atoms with Crippen LogP contribution < -0.4 is 11.1 Å². The fourth-order valence-corrected chi connectivity index (χ4v) is 1.90. The first-order valence-corrected chi connectivity index (χ1v) is 6.59. The van der Waals surface area contributed by atoms with Crippen LogP contribution in [-0.4, -0.2) is 22.6 Å². The third-order valence-corrected chi connectivity index (χ3v) is 3.28. The fourth-order valence-electron chi connectivity index (χ4n) is 1.90. The van der Waals surface area contributed by atoms with E-state index in [2.05, 4.69) is 35.2 Å². The molecule has 1 atom stereocenters. The maximum Gasteiger partial charge on any atom is 0.223 e. The van der Waals surface area contributed by atoms with Gasteiger partial charge in [-0.15, -0.1) is 0 Å². The average molecular weight is 234 g/mol. The van der Waals surface area contributed by atoms with E-state index >= 15 is 0 Å². The smallest absolute Gasteiger partial charge is 0.223 e. The van der Waals surface area contributed by atoms with Crippen LogP contribution in [0.1, 0.15) is 38.1 Å². The molecule has 1 saturated carbocycles. The van der Waals surface area contributed by atoms with E-state index in [0.29, 0.717) is 5.92 Å². The summed E-state index contributed by atoms with van der Waals surface area (Å²) in [5, 5.41) is 3.27. The Bertz CT molecular complexity index is 351. The van der Waals surface area contributed by atoms with Crippen LogP contribution in [0.15, 0.2) is 6.07 Å². The Hall–Kier alpha value is -1.16. The minimum absolute atomic E-state index is 0.244. The topological polar surface area (TPSA) is 63.8 Å². The summed E-state index contributed by atoms with van der Waals surface area (Å²) in [7, 11) is 0. The van der Waals surface area contributed by atoms with E-state index in [4.69, 9.17) is 5.73 Å². The van der Waals surface area contributed by atoms with Gasteiger partial charge in [0.25, 0.3) is 0 Å². The van der Waals surface area contributed by atoms with Gasteiger partial charge in [0, 0.05) is 24.0 Å². The van der Waals surface area contributed by atoms with Gasteiger partial charge in [-0.2, -0.15) is 0 Å². The highest BCUT2D eigenvalue weighted by atomic mass is 15.1. The Morgan fingerprint density at radius 3 is 2.35 bits per heavy atom. The molecule has 0 saturated heterocycles. The molecule has 4 heteroatoms. The summed E-state index contributed by atoms with van der Waals surface area (Å²) in [6, 6.07) is 2.32. The summed E-state index contributed by atoms with van der Waals surface area (Å²) in [6.07, 6.45) is 4.44. The Balaban J connectivity index is 1.98. The van der Waals surface area contributed by atoms with Crippen LogP contribution in [0.25, 0.3) is 0 Å². The number of hydrogen-bond acceptors (Lipinski definition) is 4. The lowest BCUT2D eigenvalue weighted by atomic mass is 10.2. The third-order valence-electron chi connectivity index (χ3n) is 3.28. The number of nitrogens with two attached hydrogens (primary N) is 1. The van der Waals surface area contributed by atoms with E-state index in [1.807, 2.05) is 0 Å². The molecule has 0 spiro atoms. The number of rotatable bonds is 6. The van der Waals surface area contributed by atoms with E-state index in [9.17, 15) is 0 Å². The predicted octanol–water partition coefficient (Wildman–Crippen LogP) is 1.75. The monoisotopic (exact) mass is 234 g/mol. The summed E-state index contributed by atoms with van der Waals surface area (Å²) in [5.41, 5.74) is 8.24. The van der Waals surface area contributed by atoms with E-state index in [0.717, 1.165) is 36.7 Å². The largest absolute Gasteiger partial charge is 0.353 e. The van der Waals surface area contributed by atoms with Crippen LogP contribution in [0.3, 0.4) is 0 Å². The Morgan fingerprint density at radius 1 is 1.29 bits per heavy atom. The quantitative estimate of drug-likeness (QED) is 0.787. The molecule has 1 aliphatic carbocycles. The Labute approximate surface area is 103 Å². The molecule has 1 heterocycles. The van der Waals surface area contributed by atoms with E-state index in [1.54, 1.807) is 0 Å². The van der Waals surface area contributed by atoms with Gasteiger partial charge in [0.15, 0.2) is 0 Å². The number of nitrogens with zero attached hydrogens (tertiary/aromatic N) is 2. The third kappa shape index (κ3) is 3.40. The molecule has 17 heavy (non-hydrogen) atoms. The minimum Gasteiger partial charge on any atom is -0.353 e. The number of aryl methyl sites for hydroxylation is 2. The van der Waals surface area contributed by atoms with Crippen molar-refractivity contribution in [1.82, 2.24) is 9.97 Å². The molecule has 94 valence electrons. The molecule has 1 fully saturated rings. The fraction of sp³-hybridized carbons (Fsp3) is 0.692. The van der Waals surface area contributed by atoms with Crippen molar-refractivity contribution in [2.45, 2.75) is 45.6 Å². The molecule has 2 rings (SSSR count). The van der Waals surface area contributed by atoms with Crippen molar-refractivity contribution in [2.75, 3.05) is 11.9 Å². The molecule has 1 unspecified atom stereocenters. The van der Waals surface area contributed by atoms with Crippen LogP contribution in [0, 0.1) is 5.92 Å². The van der Waals surface area contributed by atoms with E-state index in [1.165, 1.54) is 12.8 Å². The predicted molar refractivity (Wildman–Crippen MR) is 70.0 cm³/mol. The number of anilines is 1. The molecular formula is C13H22N4. The molecule has 0 aromatic carbocycles. The molecule has 0 radical (unpaired) electrons. The lowest BCUT2D eigenvalue weighted by Gasteiger charge is -2.12. The highest BCUT2D eigenvalue weighted by Gasteiger charge is 2.28. The van der Waals surface area contributed by atoms with Gasteiger partial charge in [-0.25, -0.2) is 9.97 Å². The average Bonchev–Trinajstić information content (AvgIpc) is 3.19. The first-order chi connectivity index (χ1) is 8.22. The van der Waals surface area contributed by atoms with Crippen molar-refractivity contribution in [3.8, 4) is 0 Å². The highest BCUT2D eigenvalue weighted by molar-refractivity contribution is 5.29. The second-order valence-electron chi connectivity index (χ2n) is 4.76. The first kappa shape index (κ1) is 12.3. The van der Waals surface area contributed by atoms with Crippen LogP contribution in [0.2, 0.25) is 0 Å². The van der Waals surface area contributed by atoms with Gasteiger partial charge in [0.1, 0.15) is 0 Å². The molecule has 1 aliphatic rings. The summed E-state index contributed by atoms with van der Waals surface area (Å²) in [6.45, 7) is 5.00. The van der Waals surface area contributed by atoms with Crippen molar-refractivity contribution in [2.24, 2.45) is 11.7 Å². The summed E-state index contributed by atoms with van der Waals surface area (Å²) in [5.74, 6) is 1.44. The van der Waals surface area contributed by atoms with E-state index < -0.39 is 0 Å². The zero-order valence-electron chi connectivity index (χ0n) is 10.7. The minimum atomic E-state index is 0.244. The SMILES string of the molecule is CCc1cc(CC)nc(NCC(N)C2CC2)n1. The number of aromatic nitrogens is 2. The maximum absolute atomic E-state index is 6.05. The summed E-state index contributed by atoms with van der Waals surface area (Å²) in [4.78, 5) is 8.95. The first-order valence-electron chi connectivity index (χ1n) is 6.59. The highest BCUT2D eigenvalue weighted by Crippen LogP contribution is 2.31. The molecule has 1 aromatic rings.